The Morgan fingerprint density at radius 3 is 2.50 bits per heavy atom. The Morgan fingerprint density at radius 2 is 2.07 bits per heavy atom. The van der Waals surface area contributed by atoms with E-state index in [0.717, 1.165) is 0 Å². The van der Waals surface area contributed by atoms with Gasteiger partial charge in [0, 0.05) is 26.1 Å². The third-order valence-corrected chi connectivity index (χ3v) is 2.65. The van der Waals surface area contributed by atoms with Gasteiger partial charge in [-0.15, -0.1) is 0 Å². The second-order valence-electron chi connectivity index (χ2n) is 3.68. The first-order chi connectivity index (χ1) is 6.54. The Labute approximate surface area is 83.1 Å². The zero-order valence-electron chi connectivity index (χ0n) is 8.49. The summed E-state index contributed by atoms with van der Waals surface area (Å²) in [5, 5.41) is 11.9. The van der Waals surface area contributed by atoms with Crippen LogP contribution in [0.4, 0.5) is 0 Å². The number of piperidine rings is 1. The van der Waals surface area contributed by atoms with Crippen LogP contribution < -0.4 is 5.32 Å². The number of hydrogen-bond donors (Lipinski definition) is 2. The van der Waals surface area contributed by atoms with E-state index >= 15 is 0 Å². The number of carboxylic acid groups (broad SMARTS) is 1. The number of aliphatic carboxylic acids is 1. The topological polar surface area (TPSA) is 69.6 Å². The minimum Gasteiger partial charge on any atom is -0.481 e. The summed E-state index contributed by atoms with van der Waals surface area (Å²) in [5.74, 6) is -1.32. The van der Waals surface area contributed by atoms with Crippen molar-refractivity contribution in [2.75, 3.05) is 20.1 Å². The second kappa shape index (κ2) is 4.41. The van der Waals surface area contributed by atoms with Crippen LogP contribution in [0.3, 0.4) is 0 Å². The third kappa shape index (κ3) is 2.45. The number of likely N-dealkylation sites (tertiary alicyclic amines) is 1. The van der Waals surface area contributed by atoms with Gasteiger partial charge in [-0.3, -0.25) is 9.59 Å². The number of rotatable bonds is 2. The SMILES string of the molecule is CNC1CC(C(=O)O)CN(C(C)=O)C1. The van der Waals surface area contributed by atoms with Crippen molar-refractivity contribution in [3.63, 3.8) is 0 Å². The fourth-order valence-corrected chi connectivity index (χ4v) is 1.74. The average molecular weight is 200 g/mol. The Kier molecular flexibility index (Phi) is 3.46. The van der Waals surface area contributed by atoms with Crippen LogP contribution in [0.25, 0.3) is 0 Å². The van der Waals surface area contributed by atoms with Crippen LogP contribution in [0.15, 0.2) is 0 Å². The van der Waals surface area contributed by atoms with Crippen molar-refractivity contribution < 1.29 is 14.7 Å². The molecule has 0 spiro atoms. The molecule has 0 aromatic heterocycles. The molecule has 1 amide bonds. The van der Waals surface area contributed by atoms with Crippen LogP contribution in [0.5, 0.6) is 0 Å². The summed E-state index contributed by atoms with van der Waals surface area (Å²) < 4.78 is 0. The first-order valence-corrected chi connectivity index (χ1v) is 4.70. The highest BCUT2D eigenvalue weighted by atomic mass is 16.4. The van der Waals surface area contributed by atoms with Crippen molar-refractivity contribution >= 4 is 11.9 Å². The van der Waals surface area contributed by atoms with E-state index in [9.17, 15) is 9.59 Å². The molecule has 0 aromatic carbocycles. The fraction of sp³-hybridized carbons (Fsp3) is 0.778. The molecule has 1 rings (SSSR count). The van der Waals surface area contributed by atoms with Gasteiger partial charge in [0.25, 0.3) is 0 Å². The van der Waals surface area contributed by atoms with Gasteiger partial charge in [0.05, 0.1) is 5.92 Å². The molecule has 1 aliphatic heterocycles. The maximum atomic E-state index is 11.1. The summed E-state index contributed by atoms with van der Waals surface area (Å²) in [6.45, 7) is 2.41. The summed E-state index contributed by atoms with van der Waals surface area (Å²) in [6, 6.07) is 0.0914. The molecule has 2 N–H and O–H groups in total. The van der Waals surface area contributed by atoms with Gasteiger partial charge in [0.2, 0.25) is 5.91 Å². The summed E-state index contributed by atoms with van der Waals surface area (Å²) in [5.41, 5.74) is 0. The molecule has 1 saturated heterocycles. The first-order valence-electron chi connectivity index (χ1n) is 4.70. The van der Waals surface area contributed by atoms with Gasteiger partial charge in [-0.2, -0.15) is 0 Å². The zero-order valence-corrected chi connectivity index (χ0v) is 8.49. The fourth-order valence-electron chi connectivity index (χ4n) is 1.74. The Hall–Kier alpha value is -1.10. The van der Waals surface area contributed by atoms with E-state index in [-0.39, 0.29) is 11.9 Å². The number of nitrogens with one attached hydrogen (secondary N) is 1. The average Bonchev–Trinajstić information content (AvgIpc) is 2.16. The summed E-state index contributed by atoms with van der Waals surface area (Å²) >= 11 is 0. The van der Waals surface area contributed by atoms with Gasteiger partial charge in [-0.25, -0.2) is 0 Å². The predicted octanol–water partition coefficient (Wildman–Crippen LogP) is -0.473. The van der Waals surface area contributed by atoms with Crippen molar-refractivity contribution in [1.29, 1.82) is 0 Å². The van der Waals surface area contributed by atoms with Crippen LogP contribution in [0, 0.1) is 5.92 Å². The highest BCUT2D eigenvalue weighted by Crippen LogP contribution is 2.17. The van der Waals surface area contributed by atoms with Crippen molar-refractivity contribution in [2.24, 2.45) is 5.92 Å². The van der Waals surface area contributed by atoms with Gasteiger partial charge in [-0.05, 0) is 13.5 Å². The van der Waals surface area contributed by atoms with E-state index in [1.165, 1.54) is 6.92 Å². The number of carbonyl (C=O) groups excluding carboxylic acids is 1. The Balaban J connectivity index is 2.66. The Morgan fingerprint density at radius 1 is 1.43 bits per heavy atom. The smallest absolute Gasteiger partial charge is 0.308 e. The van der Waals surface area contributed by atoms with Gasteiger partial charge >= 0.3 is 5.97 Å². The molecular formula is C9H16N2O3. The quantitative estimate of drug-likeness (QED) is 0.632. The van der Waals surface area contributed by atoms with Crippen LogP contribution >= 0.6 is 0 Å². The molecule has 0 bridgehead atoms. The van der Waals surface area contributed by atoms with Crippen LogP contribution in [-0.4, -0.2) is 48.1 Å². The zero-order chi connectivity index (χ0) is 10.7. The molecule has 5 heteroatoms. The molecule has 80 valence electrons. The lowest BCUT2D eigenvalue weighted by Crippen LogP contribution is -2.51. The lowest BCUT2D eigenvalue weighted by atomic mass is 9.94. The molecule has 1 aliphatic rings. The molecular weight excluding hydrogens is 184 g/mol. The Bertz CT molecular complexity index is 220. The van der Waals surface area contributed by atoms with Crippen molar-refractivity contribution in [1.82, 2.24) is 10.2 Å². The molecule has 1 heterocycles. The normalized spacial score (nSPS) is 27.4. The van der Waals surface area contributed by atoms with Crippen molar-refractivity contribution in [3.05, 3.63) is 0 Å². The highest BCUT2D eigenvalue weighted by molar-refractivity contribution is 5.76. The standard InChI is InChI=1S/C9H16N2O3/c1-6(12)11-4-7(9(13)14)3-8(5-11)10-2/h7-8,10H,3-5H2,1-2H3,(H,13,14). The van der Waals surface area contributed by atoms with Gasteiger partial charge in [0.1, 0.15) is 0 Å². The summed E-state index contributed by atoms with van der Waals surface area (Å²) in [6.07, 6.45) is 0.593. The lowest BCUT2D eigenvalue weighted by Gasteiger charge is -2.35. The minimum absolute atomic E-state index is 0.0591. The van der Waals surface area contributed by atoms with Gasteiger partial charge < -0.3 is 15.3 Å². The molecule has 5 nitrogen and oxygen atoms in total. The third-order valence-electron chi connectivity index (χ3n) is 2.65. The van der Waals surface area contributed by atoms with E-state index in [1.807, 2.05) is 0 Å². The molecule has 0 aliphatic carbocycles. The molecule has 2 atom stereocenters. The van der Waals surface area contributed by atoms with E-state index in [2.05, 4.69) is 5.32 Å². The number of carbonyl (C=O) groups is 2. The molecule has 14 heavy (non-hydrogen) atoms. The van der Waals surface area contributed by atoms with Gasteiger partial charge in [-0.1, -0.05) is 0 Å². The van der Waals surface area contributed by atoms with Gasteiger partial charge in [0.15, 0.2) is 0 Å². The summed E-state index contributed by atoms with van der Waals surface area (Å²) in [7, 11) is 1.78. The van der Waals surface area contributed by atoms with E-state index in [4.69, 9.17) is 5.11 Å². The van der Waals surface area contributed by atoms with Crippen molar-refractivity contribution in [3.8, 4) is 0 Å². The van der Waals surface area contributed by atoms with E-state index < -0.39 is 11.9 Å². The minimum atomic E-state index is -0.823. The first kappa shape index (κ1) is 11.0. The predicted molar refractivity (Wildman–Crippen MR) is 50.8 cm³/mol. The highest BCUT2D eigenvalue weighted by Gasteiger charge is 2.31. The van der Waals surface area contributed by atoms with E-state index in [0.29, 0.717) is 19.5 Å². The second-order valence-corrected chi connectivity index (χ2v) is 3.68. The van der Waals surface area contributed by atoms with E-state index in [1.54, 1.807) is 11.9 Å². The van der Waals surface area contributed by atoms with Crippen LogP contribution in [0.2, 0.25) is 0 Å². The molecule has 1 fully saturated rings. The monoisotopic (exact) mass is 200 g/mol. The lowest BCUT2D eigenvalue weighted by molar-refractivity contribution is -0.145. The number of nitrogens with zero attached hydrogens (tertiary/aromatic N) is 1. The molecule has 0 saturated carbocycles. The largest absolute Gasteiger partial charge is 0.481 e. The number of likely N-dealkylation sites (N-methyl/N-ethyl adjacent to an activating group) is 1. The molecule has 0 radical (unpaired) electrons. The van der Waals surface area contributed by atoms with Crippen molar-refractivity contribution in [2.45, 2.75) is 19.4 Å². The summed E-state index contributed by atoms with van der Waals surface area (Å²) in [4.78, 5) is 23.5. The number of hydrogen-bond acceptors (Lipinski definition) is 3. The van der Waals surface area contributed by atoms with Crippen LogP contribution in [0.1, 0.15) is 13.3 Å². The number of amides is 1. The number of carboxylic acids is 1. The van der Waals surface area contributed by atoms with Crippen LogP contribution in [-0.2, 0) is 9.59 Å². The molecule has 0 aromatic rings. The molecule has 2 unspecified atom stereocenters. The maximum Gasteiger partial charge on any atom is 0.308 e. The maximum absolute atomic E-state index is 11.1.